The van der Waals surface area contributed by atoms with Gasteiger partial charge in [0.15, 0.2) is 0 Å². The summed E-state index contributed by atoms with van der Waals surface area (Å²) >= 11 is 0. The normalized spacial score (nSPS) is 20.8. The van der Waals surface area contributed by atoms with Crippen LogP contribution in [0.1, 0.15) is 12.0 Å². The number of para-hydroxylation sites is 1. The van der Waals surface area contributed by atoms with E-state index in [0.717, 1.165) is 25.2 Å². The number of nitro groups is 1. The van der Waals surface area contributed by atoms with E-state index < -0.39 is 0 Å². The van der Waals surface area contributed by atoms with Crippen LogP contribution in [-0.4, -0.2) is 31.2 Å². The fraction of sp³-hybridized carbons (Fsp3) is 0.538. The van der Waals surface area contributed by atoms with E-state index in [2.05, 4.69) is 5.32 Å². The summed E-state index contributed by atoms with van der Waals surface area (Å²) in [7, 11) is 1.90. The molecule has 0 amide bonds. The minimum atomic E-state index is -0.312. The maximum Gasteiger partial charge on any atom is 0.272 e. The summed E-state index contributed by atoms with van der Waals surface area (Å²) in [6, 6.07) is 7.18. The lowest BCUT2D eigenvalue weighted by molar-refractivity contribution is -0.385. The summed E-state index contributed by atoms with van der Waals surface area (Å²) in [5, 5.41) is 14.2. The molecule has 0 aromatic heterocycles. The van der Waals surface area contributed by atoms with Crippen molar-refractivity contribution in [3.8, 4) is 0 Å². The van der Waals surface area contributed by atoms with E-state index in [9.17, 15) is 10.1 Å². The molecule has 2 unspecified atom stereocenters. The first-order valence-electron chi connectivity index (χ1n) is 6.19. The van der Waals surface area contributed by atoms with Gasteiger partial charge >= 0.3 is 0 Å². The van der Waals surface area contributed by atoms with E-state index >= 15 is 0 Å². The maximum absolute atomic E-state index is 11.0. The Morgan fingerprint density at radius 1 is 1.56 bits per heavy atom. The standard InChI is InChI=1S/C13H18N2O3/c1-14-12(11-6-7-18-9-11)8-10-4-2-3-5-13(10)15(16)17/h2-5,11-12,14H,6-9H2,1H3. The Morgan fingerprint density at radius 2 is 2.33 bits per heavy atom. The lowest BCUT2D eigenvalue weighted by Gasteiger charge is -2.21. The predicted molar refractivity (Wildman–Crippen MR) is 68.6 cm³/mol. The summed E-state index contributed by atoms with van der Waals surface area (Å²) in [4.78, 5) is 10.7. The number of rotatable bonds is 5. The highest BCUT2D eigenvalue weighted by molar-refractivity contribution is 5.40. The number of hydrogen-bond donors (Lipinski definition) is 1. The summed E-state index contributed by atoms with van der Waals surface area (Å²) in [6.45, 7) is 1.53. The van der Waals surface area contributed by atoms with Crippen LogP contribution in [0.4, 0.5) is 5.69 Å². The van der Waals surface area contributed by atoms with Gasteiger partial charge < -0.3 is 10.1 Å². The van der Waals surface area contributed by atoms with Gasteiger partial charge in [0.1, 0.15) is 0 Å². The van der Waals surface area contributed by atoms with Crippen LogP contribution in [0.5, 0.6) is 0 Å². The number of hydrogen-bond acceptors (Lipinski definition) is 4. The summed E-state index contributed by atoms with van der Waals surface area (Å²) in [6.07, 6.45) is 1.69. The molecule has 0 aliphatic carbocycles. The van der Waals surface area contributed by atoms with E-state index in [4.69, 9.17) is 4.74 Å². The average Bonchev–Trinajstić information content (AvgIpc) is 2.90. The molecular weight excluding hydrogens is 232 g/mol. The van der Waals surface area contributed by atoms with Gasteiger partial charge in [0.25, 0.3) is 5.69 Å². The van der Waals surface area contributed by atoms with Crippen LogP contribution in [0.25, 0.3) is 0 Å². The molecule has 0 radical (unpaired) electrons. The number of nitrogens with zero attached hydrogens (tertiary/aromatic N) is 1. The number of likely N-dealkylation sites (N-methyl/N-ethyl adjacent to an activating group) is 1. The van der Waals surface area contributed by atoms with Crippen molar-refractivity contribution in [3.63, 3.8) is 0 Å². The van der Waals surface area contributed by atoms with Gasteiger partial charge in [-0.05, 0) is 19.9 Å². The molecule has 1 aliphatic heterocycles. The third-order valence-electron chi connectivity index (χ3n) is 3.53. The van der Waals surface area contributed by atoms with Gasteiger partial charge in [-0.2, -0.15) is 0 Å². The van der Waals surface area contributed by atoms with Crippen LogP contribution in [0.15, 0.2) is 24.3 Å². The van der Waals surface area contributed by atoms with Crippen LogP contribution in [0.2, 0.25) is 0 Å². The molecule has 1 fully saturated rings. The van der Waals surface area contributed by atoms with E-state index in [0.29, 0.717) is 12.3 Å². The maximum atomic E-state index is 11.0. The molecule has 1 N–H and O–H groups in total. The van der Waals surface area contributed by atoms with Crippen LogP contribution >= 0.6 is 0 Å². The Morgan fingerprint density at radius 3 is 2.94 bits per heavy atom. The predicted octanol–water partition coefficient (Wildman–Crippen LogP) is 1.76. The van der Waals surface area contributed by atoms with Gasteiger partial charge in [0.05, 0.1) is 11.5 Å². The van der Waals surface area contributed by atoms with Crippen molar-refractivity contribution >= 4 is 5.69 Å². The highest BCUT2D eigenvalue weighted by Crippen LogP contribution is 2.24. The average molecular weight is 250 g/mol. The summed E-state index contributed by atoms with van der Waals surface area (Å²) < 4.78 is 5.38. The van der Waals surface area contributed by atoms with Crippen molar-refractivity contribution in [2.24, 2.45) is 5.92 Å². The zero-order chi connectivity index (χ0) is 13.0. The second-order valence-corrected chi connectivity index (χ2v) is 4.61. The first kappa shape index (κ1) is 13.0. The fourth-order valence-electron chi connectivity index (χ4n) is 2.47. The minimum Gasteiger partial charge on any atom is -0.381 e. The lowest BCUT2D eigenvalue weighted by Crippen LogP contribution is -2.36. The Labute approximate surface area is 106 Å². The van der Waals surface area contributed by atoms with E-state index in [1.165, 1.54) is 0 Å². The molecular formula is C13H18N2O3. The second-order valence-electron chi connectivity index (χ2n) is 4.61. The van der Waals surface area contributed by atoms with E-state index in [-0.39, 0.29) is 16.7 Å². The fourth-order valence-corrected chi connectivity index (χ4v) is 2.47. The topological polar surface area (TPSA) is 64.4 Å². The highest BCUT2D eigenvalue weighted by atomic mass is 16.6. The molecule has 5 nitrogen and oxygen atoms in total. The van der Waals surface area contributed by atoms with Crippen LogP contribution in [0, 0.1) is 16.0 Å². The van der Waals surface area contributed by atoms with Crippen molar-refractivity contribution in [1.82, 2.24) is 5.32 Å². The smallest absolute Gasteiger partial charge is 0.272 e. The highest BCUT2D eigenvalue weighted by Gasteiger charge is 2.26. The van der Waals surface area contributed by atoms with Crippen molar-refractivity contribution in [2.75, 3.05) is 20.3 Å². The number of ether oxygens (including phenoxy) is 1. The first-order chi connectivity index (χ1) is 8.72. The Balaban J connectivity index is 2.13. The second kappa shape index (κ2) is 5.93. The lowest BCUT2D eigenvalue weighted by atomic mass is 9.92. The van der Waals surface area contributed by atoms with Gasteiger partial charge in [0.2, 0.25) is 0 Å². The van der Waals surface area contributed by atoms with E-state index in [1.54, 1.807) is 12.1 Å². The van der Waals surface area contributed by atoms with Crippen LogP contribution < -0.4 is 5.32 Å². The molecule has 1 heterocycles. The monoisotopic (exact) mass is 250 g/mol. The zero-order valence-corrected chi connectivity index (χ0v) is 10.5. The zero-order valence-electron chi connectivity index (χ0n) is 10.5. The largest absolute Gasteiger partial charge is 0.381 e. The quantitative estimate of drug-likeness (QED) is 0.639. The number of nitro benzene ring substituents is 1. The molecule has 2 rings (SSSR count). The number of benzene rings is 1. The summed E-state index contributed by atoms with van der Waals surface area (Å²) in [5.74, 6) is 0.440. The van der Waals surface area contributed by atoms with E-state index in [1.807, 2.05) is 19.2 Å². The SMILES string of the molecule is CNC(Cc1ccccc1[N+](=O)[O-])C1CCOC1. The molecule has 0 spiro atoms. The molecule has 0 bridgehead atoms. The molecule has 98 valence electrons. The molecule has 1 saturated heterocycles. The first-order valence-corrected chi connectivity index (χ1v) is 6.19. The molecule has 18 heavy (non-hydrogen) atoms. The van der Waals surface area contributed by atoms with Crippen LogP contribution in [0.3, 0.4) is 0 Å². The Bertz CT molecular complexity index is 416. The molecule has 1 aliphatic rings. The Kier molecular flexibility index (Phi) is 4.28. The van der Waals surface area contributed by atoms with Crippen molar-refractivity contribution in [1.29, 1.82) is 0 Å². The van der Waals surface area contributed by atoms with Gasteiger partial charge in [-0.1, -0.05) is 18.2 Å². The molecule has 5 heteroatoms. The number of nitrogens with one attached hydrogen (secondary N) is 1. The van der Waals surface area contributed by atoms with Gasteiger partial charge in [0, 0.05) is 30.2 Å². The third kappa shape index (κ3) is 2.86. The molecule has 2 atom stereocenters. The minimum absolute atomic E-state index is 0.205. The van der Waals surface area contributed by atoms with Crippen molar-refractivity contribution in [2.45, 2.75) is 18.9 Å². The third-order valence-corrected chi connectivity index (χ3v) is 3.53. The molecule has 1 aromatic rings. The Hall–Kier alpha value is -1.46. The van der Waals surface area contributed by atoms with Crippen molar-refractivity contribution < 1.29 is 9.66 Å². The van der Waals surface area contributed by atoms with Gasteiger partial charge in [-0.3, -0.25) is 10.1 Å². The van der Waals surface area contributed by atoms with Gasteiger partial charge in [-0.15, -0.1) is 0 Å². The van der Waals surface area contributed by atoms with Crippen molar-refractivity contribution in [3.05, 3.63) is 39.9 Å². The van der Waals surface area contributed by atoms with Gasteiger partial charge in [-0.25, -0.2) is 0 Å². The molecule has 1 aromatic carbocycles. The summed E-state index contributed by atoms with van der Waals surface area (Å²) in [5.41, 5.74) is 0.991. The van der Waals surface area contributed by atoms with Crippen LogP contribution in [-0.2, 0) is 11.2 Å². The molecule has 0 saturated carbocycles.